The summed E-state index contributed by atoms with van der Waals surface area (Å²) in [6.45, 7) is 0.832. The third-order valence-electron chi connectivity index (χ3n) is 5.14. The van der Waals surface area contributed by atoms with Crippen molar-refractivity contribution in [2.75, 3.05) is 18.1 Å². The fourth-order valence-corrected chi connectivity index (χ4v) is 4.59. The highest BCUT2D eigenvalue weighted by atomic mass is 35.5. The van der Waals surface area contributed by atoms with Gasteiger partial charge in [0.25, 0.3) is 0 Å². The lowest BCUT2D eigenvalue weighted by atomic mass is 9.99. The van der Waals surface area contributed by atoms with Crippen LogP contribution >= 0.6 is 11.6 Å². The molecule has 1 N–H and O–H groups in total. The Morgan fingerprint density at radius 1 is 1.20 bits per heavy atom. The van der Waals surface area contributed by atoms with Gasteiger partial charge in [0.2, 0.25) is 10.0 Å². The minimum absolute atomic E-state index is 0.374. The van der Waals surface area contributed by atoms with Gasteiger partial charge in [-0.25, -0.2) is 13.4 Å². The molecule has 0 aliphatic carbocycles. The van der Waals surface area contributed by atoms with Crippen LogP contribution in [0.1, 0.15) is 16.7 Å². The predicted molar refractivity (Wildman–Crippen MR) is 118 cm³/mol. The highest BCUT2D eigenvalue weighted by Crippen LogP contribution is 2.33. The van der Waals surface area contributed by atoms with Crippen molar-refractivity contribution in [3.63, 3.8) is 0 Å². The maximum Gasteiger partial charge on any atom is 0.211 e. The van der Waals surface area contributed by atoms with Crippen LogP contribution in [0.15, 0.2) is 54.7 Å². The Balaban J connectivity index is 1.64. The van der Waals surface area contributed by atoms with E-state index in [1.54, 1.807) is 18.3 Å². The number of anilines is 2. The van der Waals surface area contributed by atoms with Crippen molar-refractivity contribution in [3.8, 4) is 17.2 Å². The molecule has 0 fully saturated rings. The second kappa shape index (κ2) is 8.07. The number of rotatable bonds is 4. The molecule has 0 saturated heterocycles. The van der Waals surface area contributed by atoms with Crippen molar-refractivity contribution in [2.24, 2.45) is 0 Å². The van der Waals surface area contributed by atoms with Crippen LogP contribution in [0.25, 0.3) is 11.1 Å². The Hall–Kier alpha value is -2.92. The van der Waals surface area contributed by atoms with E-state index in [2.05, 4.69) is 16.4 Å². The largest absolute Gasteiger partial charge is 0.354 e. The first-order chi connectivity index (χ1) is 14.3. The molecule has 30 heavy (non-hydrogen) atoms. The number of nitrogens with zero attached hydrogens (tertiary/aromatic N) is 3. The zero-order chi connectivity index (χ0) is 21.3. The molecule has 0 saturated carbocycles. The van der Waals surface area contributed by atoms with Crippen molar-refractivity contribution in [2.45, 2.75) is 13.0 Å². The van der Waals surface area contributed by atoms with Crippen LogP contribution in [0.3, 0.4) is 0 Å². The van der Waals surface area contributed by atoms with E-state index >= 15 is 0 Å². The average Bonchev–Trinajstić information content (AvgIpc) is 2.74. The van der Waals surface area contributed by atoms with Crippen molar-refractivity contribution in [1.82, 2.24) is 9.29 Å². The molecule has 0 unspecified atom stereocenters. The van der Waals surface area contributed by atoms with Gasteiger partial charge in [0.15, 0.2) is 0 Å². The number of hydrogen-bond acceptors (Lipinski definition) is 5. The molecular weight excluding hydrogens is 420 g/mol. The summed E-state index contributed by atoms with van der Waals surface area (Å²) >= 11 is 6.32. The molecule has 1 aliphatic rings. The van der Waals surface area contributed by atoms with E-state index in [0.29, 0.717) is 30.2 Å². The first-order valence-electron chi connectivity index (χ1n) is 9.34. The molecule has 0 spiro atoms. The van der Waals surface area contributed by atoms with Gasteiger partial charge in [-0.15, -0.1) is 0 Å². The minimum atomic E-state index is -3.22. The Labute approximate surface area is 180 Å². The first-order valence-corrected chi connectivity index (χ1v) is 11.6. The molecule has 0 amide bonds. The van der Waals surface area contributed by atoms with Crippen molar-refractivity contribution in [1.29, 1.82) is 5.26 Å². The first kappa shape index (κ1) is 20.4. The van der Waals surface area contributed by atoms with Gasteiger partial charge in [0.1, 0.15) is 5.15 Å². The smallest absolute Gasteiger partial charge is 0.211 e. The Morgan fingerprint density at radius 2 is 1.97 bits per heavy atom. The van der Waals surface area contributed by atoms with Gasteiger partial charge in [-0.1, -0.05) is 35.9 Å². The van der Waals surface area contributed by atoms with E-state index in [1.807, 2.05) is 36.4 Å². The molecule has 152 valence electrons. The van der Waals surface area contributed by atoms with Gasteiger partial charge in [-0.2, -0.15) is 9.57 Å². The van der Waals surface area contributed by atoms with Crippen molar-refractivity contribution in [3.05, 3.63) is 76.6 Å². The van der Waals surface area contributed by atoms with Crippen LogP contribution < -0.4 is 5.32 Å². The molecule has 1 aliphatic heterocycles. The Bertz CT molecular complexity index is 1250. The maximum absolute atomic E-state index is 11.9. The van der Waals surface area contributed by atoms with Gasteiger partial charge < -0.3 is 5.32 Å². The predicted octanol–water partition coefficient (Wildman–Crippen LogP) is 4.33. The molecule has 0 atom stereocenters. The van der Waals surface area contributed by atoms with E-state index in [1.165, 1.54) is 10.6 Å². The van der Waals surface area contributed by atoms with Crippen LogP contribution in [0.5, 0.6) is 0 Å². The van der Waals surface area contributed by atoms with Crippen LogP contribution in [0, 0.1) is 11.3 Å². The lowest BCUT2D eigenvalue weighted by molar-refractivity contribution is 0.395. The zero-order valence-electron chi connectivity index (χ0n) is 16.3. The third-order valence-corrected chi connectivity index (χ3v) is 6.69. The number of hydrogen-bond donors (Lipinski definition) is 1. The van der Waals surface area contributed by atoms with Crippen molar-refractivity contribution >= 4 is 33.0 Å². The lowest BCUT2D eigenvalue weighted by Gasteiger charge is -2.28. The molecule has 2 heterocycles. The molecule has 6 nitrogen and oxygen atoms in total. The highest BCUT2D eigenvalue weighted by molar-refractivity contribution is 7.88. The number of halogens is 1. The summed E-state index contributed by atoms with van der Waals surface area (Å²) in [5.41, 5.74) is 6.01. The van der Waals surface area contributed by atoms with Gasteiger partial charge in [0, 0.05) is 24.3 Å². The fraction of sp³-hybridized carbons (Fsp3) is 0.182. The molecule has 1 aromatic heterocycles. The van der Waals surface area contributed by atoms with Crippen LogP contribution in [0.2, 0.25) is 5.15 Å². The standard InChI is InChI=1S/C22H19ClN4O2S/c1-30(28,29)27-10-9-19-17(14-27)3-2-4-21(19)26-18-11-20(22(23)25-13-18)16-7-5-15(12-24)6-8-16/h2-8,11,13,26H,9-10,14H2,1H3. The third kappa shape index (κ3) is 4.17. The molecule has 0 radical (unpaired) electrons. The summed E-state index contributed by atoms with van der Waals surface area (Å²) in [5.74, 6) is 0. The number of nitrogens with one attached hydrogen (secondary N) is 1. The van der Waals surface area contributed by atoms with Crippen LogP contribution in [-0.4, -0.2) is 30.5 Å². The normalized spacial score (nSPS) is 14.0. The van der Waals surface area contributed by atoms with Crippen LogP contribution in [-0.2, 0) is 23.0 Å². The van der Waals surface area contributed by atoms with Crippen LogP contribution in [0.4, 0.5) is 11.4 Å². The monoisotopic (exact) mass is 438 g/mol. The number of sulfonamides is 1. The van der Waals surface area contributed by atoms with Gasteiger partial charge in [0.05, 0.1) is 29.8 Å². The summed E-state index contributed by atoms with van der Waals surface area (Å²) < 4.78 is 25.3. The van der Waals surface area contributed by atoms with E-state index in [0.717, 1.165) is 33.6 Å². The molecule has 8 heteroatoms. The second-order valence-electron chi connectivity index (χ2n) is 7.17. The lowest BCUT2D eigenvalue weighted by Crippen LogP contribution is -2.35. The molecule has 4 rings (SSSR count). The van der Waals surface area contributed by atoms with Gasteiger partial charge >= 0.3 is 0 Å². The van der Waals surface area contributed by atoms with Gasteiger partial charge in [-0.3, -0.25) is 0 Å². The Morgan fingerprint density at radius 3 is 2.67 bits per heavy atom. The number of fused-ring (bicyclic) bond motifs is 1. The Kier molecular flexibility index (Phi) is 5.48. The number of benzene rings is 2. The van der Waals surface area contributed by atoms with E-state index in [-0.39, 0.29) is 0 Å². The second-order valence-corrected chi connectivity index (χ2v) is 9.51. The van der Waals surface area contributed by atoms with Gasteiger partial charge in [-0.05, 0) is 47.4 Å². The van der Waals surface area contributed by atoms with E-state index < -0.39 is 10.0 Å². The minimum Gasteiger partial charge on any atom is -0.354 e. The van der Waals surface area contributed by atoms with E-state index in [4.69, 9.17) is 16.9 Å². The molecule has 0 bridgehead atoms. The fourth-order valence-electron chi connectivity index (χ4n) is 3.58. The average molecular weight is 439 g/mol. The summed E-state index contributed by atoms with van der Waals surface area (Å²) in [7, 11) is -3.22. The summed E-state index contributed by atoms with van der Waals surface area (Å²) in [6.07, 6.45) is 3.54. The number of pyridine rings is 1. The maximum atomic E-state index is 11.9. The molecule has 2 aromatic carbocycles. The number of nitriles is 1. The SMILES string of the molecule is CS(=O)(=O)N1CCc2c(cccc2Nc2cnc(Cl)c(-c3ccc(C#N)cc3)c2)C1. The summed E-state index contributed by atoms with van der Waals surface area (Å²) in [6, 6.07) is 17.0. The quantitative estimate of drug-likeness (QED) is 0.612. The highest BCUT2D eigenvalue weighted by Gasteiger charge is 2.24. The summed E-state index contributed by atoms with van der Waals surface area (Å²) in [5, 5.41) is 12.8. The molecule has 3 aromatic rings. The topological polar surface area (TPSA) is 86.1 Å². The molecular formula is C22H19ClN4O2S. The number of aromatic nitrogens is 1. The summed E-state index contributed by atoms with van der Waals surface area (Å²) in [4.78, 5) is 4.30. The zero-order valence-corrected chi connectivity index (χ0v) is 17.8. The van der Waals surface area contributed by atoms with E-state index in [9.17, 15) is 8.42 Å². The van der Waals surface area contributed by atoms with Crippen molar-refractivity contribution < 1.29 is 8.42 Å².